The highest BCUT2D eigenvalue weighted by Crippen LogP contribution is 2.33. The van der Waals surface area contributed by atoms with Crippen molar-refractivity contribution in [3.8, 4) is 0 Å². The van der Waals surface area contributed by atoms with Gasteiger partial charge in [-0.15, -0.1) is 0 Å². The molecule has 1 aliphatic carbocycles. The Bertz CT molecular complexity index is 401. The lowest BCUT2D eigenvalue weighted by molar-refractivity contribution is -0.120. The van der Waals surface area contributed by atoms with Gasteiger partial charge >= 0.3 is 0 Å². The van der Waals surface area contributed by atoms with Crippen LogP contribution in [-0.2, 0) is 11.2 Å². The third kappa shape index (κ3) is 3.41. The highest BCUT2D eigenvalue weighted by Gasteiger charge is 2.20. The summed E-state index contributed by atoms with van der Waals surface area (Å²) in [6, 6.07) is 6.76. The molecule has 0 saturated heterocycles. The van der Waals surface area contributed by atoms with Gasteiger partial charge in [0.05, 0.1) is 0 Å². The number of halogens is 1. The van der Waals surface area contributed by atoms with Gasteiger partial charge in [0.1, 0.15) is 5.78 Å². The van der Waals surface area contributed by atoms with E-state index in [4.69, 9.17) is 0 Å². The summed E-state index contributed by atoms with van der Waals surface area (Å²) < 4.78 is 1.18. The molecule has 0 unspecified atom stereocenters. The predicted molar refractivity (Wildman–Crippen MR) is 74.4 cm³/mol. The first-order valence-electron chi connectivity index (χ1n) is 6.50. The van der Waals surface area contributed by atoms with Crippen LogP contribution in [0.15, 0.2) is 22.7 Å². The van der Waals surface area contributed by atoms with E-state index in [2.05, 4.69) is 41.1 Å². The average Bonchev–Trinajstić information content (AvgIpc) is 2.29. The highest BCUT2D eigenvalue weighted by atomic mass is 79.9. The van der Waals surface area contributed by atoms with Crippen LogP contribution in [0.2, 0.25) is 0 Å². The van der Waals surface area contributed by atoms with Crippen LogP contribution < -0.4 is 0 Å². The molecule has 0 heterocycles. The maximum absolute atomic E-state index is 11.3. The van der Waals surface area contributed by atoms with Gasteiger partial charge in [-0.1, -0.05) is 35.3 Å². The lowest BCUT2D eigenvalue weighted by atomic mass is 9.83. The Morgan fingerprint density at radius 1 is 1.24 bits per heavy atom. The Morgan fingerprint density at radius 3 is 2.59 bits per heavy atom. The smallest absolute Gasteiger partial charge is 0.132 e. The zero-order chi connectivity index (χ0) is 12.3. The van der Waals surface area contributed by atoms with Gasteiger partial charge in [0, 0.05) is 17.3 Å². The van der Waals surface area contributed by atoms with Gasteiger partial charge in [-0.05, 0) is 48.4 Å². The minimum absolute atomic E-state index is 0.435. The SMILES string of the molecule is CCCc1cc(Br)cc(C2CCC(=O)CC2)c1. The summed E-state index contributed by atoms with van der Waals surface area (Å²) >= 11 is 3.59. The molecule has 1 nitrogen and oxygen atoms in total. The number of Topliss-reactive ketones (excluding diaryl/α,β-unsaturated/α-hetero) is 1. The van der Waals surface area contributed by atoms with Crippen LogP contribution in [0.4, 0.5) is 0 Å². The molecule has 92 valence electrons. The molecule has 0 atom stereocenters. The van der Waals surface area contributed by atoms with Crippen molar-refractivity contribution in [2.75, 3.05) is 0 Å². The summed E-state index contributed by atoms with van der Waals surface area (Å²) in [5, 5.41) is 0. The molecule has 1 aromatic carbocycles. The average molecular weight is 295 g/mol. The molecule has 0 spiro atoms. The van der Waals surface area contributed by atoms with Gasteiger partial charge in [0.15, 0.2) is 0 Å². The Balaban J connectivity index is 2.16. The number of carbonyl (C=O) groups is 1. The van der Waals surface area contributed by atoms with Gasteiger partial charge in [0.25, 0.3) is 0 Å². The van der Waals surface area contributed by atoms with Crippen LogP contribution in [-0.4, -0.2) is 5.78 Å². The van der Waals surface area contributed by atoms with E-state index in [9.17, 15) is 4.79 Å². The lowest BCUT2D eigenvalue weighted by Gasteiger charge is -2.22. The minimum Gasteiger partial charge on any atom is -0.300 e. The molecule has 0 bridgehead atoms. The third-order valence-corrected chi connectivity index (χ3v) is 3.99. The Kier molecular flexibility index (Phi) is 4.38. The molecule has 0 aliphatic heterocycles. The molecule has 1 aliphatic rings. The zero-order valence-electron chi connectivity index (χ0n) is 10.3. The third-order valence-electron chi connectivity index (χ3n) is 3.53. The van der Waals surface area contributed by atoms with E-state index >= 15 is 0 Å². The van der Waals surface area contributed by atoms with E-state index in [1.165, 1.54) is 22.0 Å². The summed E-state index contributed by atoms with van der Waals surface area (Å²) in [6.45, 7) is 2.21. The van der Waals surface area contributed by atoms with Crippen molar-refractivity contribution in [2.24, 2.45) is 0 Å². The van der Waals surface area contributed by atoms with Crippen molar-refractivity contribution in [3.05, 3.63) is 33.8 Å². The van der Waals surface area contributed by atoms with E-state index in [1.807, 2.05) is 0 Å². The topological polar surface area (TPSA) is 17.1 Å². The van der Waals surface area contributed by atoms with E-state index < -0.39 is 0 Å². The molecule has 0 N–H and O–H groups in total. The first-order chi connectivity index (χ1) is 8.19. The first-order valence-corrected chi connectivity index (χ1v) is 7.29. The number of rotatable bonds is 3. The number of hydrogen-bond acceptors (Lipinski definition) is 1. The molecular weight excluding hydrogens is 276 g/mol. The standard InChI is InChI=1S/C15H19BrO/c1-2-3-11-8-13(10-14(16)9-11)12-4-6-15(17)7-5-12/h8-10,12H,2-7H2,1H3. The second-order valence-electron chi connectivity index (χ2n) is 4.96. The van der Waals surface area contributed by atoms with Gasteiger partial charge in [0.2, 0.25) is 0 Å². The van der Waals surface area contributed by atoms with Crippen molar-refractivity contribution >= 4 is 21.7 Å². The fourth-order valence-corrected chi connectivity index (χ4v) is 3.18. The van der Waals surface area contributed by atoms with E-state index in [1.54, 1.807) is 0 Å². The molecule has 1 aromatic rings. The molecule has 2 rings (SSSR count). The van der Waals surface area contributed by atoms with E-state index in [0.29, 0.717) is 11.7 Å². The number of ketones is 1. The molecule has 0 aromatic heterocycles. The van der Waals surface area contributed by atoms with Crippen molar-refractivity contribution in [1.29, 1.82) is 0 Å². The van der Waals surface area contributed by atoms with Gasteiger partial charge in [-0.3, -0.25) is 4.79 Å². The van der Waals surface area contributed by atoms with Crippen molar-refractivity contribution < 1.29 is 4.79 Å². The van der Waals surface area contributed by atoms with Crippen LogP contribution in [0.3, 0.4) is 0 Å². The summed E-state index contributed by atoms with van der Waals surface area (Å²) in [7, 11) is 0. The maximum Gasteiger partial charge on any atom is 0.132 e. The zero-order valence-corrected chi connectivity index (χ0v) is 11.9. The van der Waals surface area contributed by atoms with Gasteiger partial charge in [-0.2, -0.15) is 0 Å². The molecule has 1 fully saturated rings. The number of aryl methyl sites for hydroxylation is 1. The second kappa shape index (κ2) is 5.81. The maximum atomic E-state index is 11.3. The number of benzene rings is 1. The van der Waals surface area contributed by atoms with E-state index in [0.717, 1.165) is 32.1 Å². The van der Waals surface area contributed by atoms with Crippen LogP contribution >= 0.6 is 15.9 Å². The fourth-order valence-electron chi connectivity index (χ4n) is 2.62. The Morgan fingerprint density at radius 2 is 1.94 bits per heavy atom. The summed E-state index contributed by atoms with van der Waals surface area (Å²) in [4.78, 5) is 11.3. The number of hydrogen-bond donors (Lipinski definition) is 0. The van der Waals surface area contributed by atoms with Crippen LogP contribution in [0.25, 0.3) is 0 Å². The summed E-state index contributed by atoms with van der Waals surface area (Å²) in [6.07, 6.45) is 5.90. The van der Waals surface area contributed by atoms with E-state index in [-0.39, 0.29) is 0 Å². The van der Waals surface area contributed by atoms with Crippen molar-refractivity contribution in [3.63, 3.8) is 0 Å². The molecule has 0 amide bonds. The van der Waals surface area contributed by atoms with Gasteiger partial charge in [-0.25, -0.2) is 0 Å². The van der Waals surface area contributed by atoms with Crippen LogP contribution in [0, 0.1) is 0 Å². The molecule has 2 heteroatoms. The van der Waals surface area contributed by atoms with Crippen LogP contribution in [0.5, 0.6) is 0 Å². The van der Waals surface area contributed by atoms with Crippen LogP contribution in [0.1, 0.15) is 56.1 Å². The first kappa shape index (κ1) is 12.8. The minimum atomic E-state index is 0.435. The second-order valence-corrected chi connectivity index (χ2v) is 5.87. The molecule has 1 saturated carbocycles. The fraction of sp³-hybridized carbons (Fsp3) is 0.533. The van der Waals surface area contributed by atoms with Crippen molar-refractivity contribution in [1.82, 2.24) is 0 Å². The molecular formula is C15H19BrO. The predicted octanol–water partition coefficient (Wildman–Crippen LogP) is 4.63. The monoisotopic (exact) mass is 294 g/mol. The quantitative estimate of drug-likeness (QED) is 0.794. The molecule has 0 radical (unpaired) electrons. The van der Waals surface area contributed by atoms with Gasteiger partial charge < -0.3 is 0 Å². The lowest BCUT2D eigenvalue weighted by Crippen LogP contribution is -2.12. The summed E-state index contributed by atoms with van der Waals surface area (Å²) in [5.74, 6) is 1.02. The number of carbonyl (C=O) groups excluding carboxylic acids is 1. The Labute approximate surface area is 112 Å². The Hall–Kier alpha value is -0.630. The highest BCUT2D eigenvalue weighted by molar-refractivity contribution is 9.10. The van der Waals surface area contributed by atoms with Crippen molar-refractivity contribution in [2.45, 2.75) is 51.4 Å². The normalized spacial score (nSPS) is 17.4. The largest absolute Gasteiger partial charge is 0.300 e. The molecule has 17 heavy (non-hydrogen) atoms. The summed E-state index contributed by atoms with van der Waals surface area (Å²) in [5.41, 5.74) is 2.82.